The predicted molar refractivity (Wildman–Crippen MR) is 55.1 cm³/mol. The van der Waals surface area contributed by atoms with E-state index in [2.05, 4.69) is 10.6 Å². The Bertz CT molecular complexity index is 202. The van der Waals surface area contributed by atoms with Crippen LogP contribution >= 0.6 is 0 Å². The molecule has 2 saturated heterocycles. The van der Waals surface area contributed by atoms with Crippen LogP contribution in [0.4, 0.5) is 0 Å². The third kappa shape index (κ3) is 2.45. The molecule has 2 rings (SSSR count). The summed E-state index contributed by atoms with van der Waals surface area (Å²) in [6, 6.07) is 0.651. The largest absolute Gasteiger partial charge is 0.340 e. The second kappa shape index (κ2) is 4.75. The Morgan fingerprint density at radius 3 is 3.07 bits per heavy atom. The molecule has 0 spiro atoms. The average Bonchev–Trinajstić information content (AvgIpc) is 2.69. The molecule has 2 fully saturated rings. The van der Waals surface area contributed by atoms with Crippen molar-refractivity contribution in [2.75, 3.05) is 32.7 Å². The topological polar surface area (TPSA) is 44.4 Å². The molecule has 0 saturated carbocycles. The van der Waals surface area contributed by atoms with Gasteiger partial charge < -0.3 is 15.5 Å². The summed E-state index contributed by atoms with van der Waals surface area (Å²) in [5, 5.41) is 6.54. The van der Waals surface area contributed by atoms with Crippen LogP contribution in [0, 0.1) is 0 Å². The molecular weight excluding hydrogens is 178 g/mol. The summed E-state index contributed by atoms with van der Waals surface area (Å²) in [5.41, 5.74) is 0. The van der Waals surface area contributed by atoms with E-state index in [1.54, 1.807) is 0 Å². The fourth-order valence-corrected chi connectivity index (χ4v) is 2.20. The standard InChI is InChI=1S/C10H19N3O/c14-10-8-11-5-7-13(10)6-3-9-2-1-4-12-9/h9,11-12H,1-8H2. The second-order valence-corrected chi connectivity index (χ2v) is 4.14. The number of nitrogens with one attached hydrogen (secondary N) is 2. The first-order valence-electron chi connectivity index (χ1n) is 5.58. The smallest absolute Gasteiger partial charge is 0.236 e. The van der Waals surface area contributed by atoms with Gasteiger partial charge in [0.2, 0.25) is 5.91 Å². The van der Waals surface area contributed by atoms with E-state index in [1.807, 2.05) is 4.90 Å². The van der Waals surface area contributed by atoms with Gasteiger partial charge in [-0.25, -0.2) is 0 Å². The second-order valence-electron chi connectivity index (χ2n) is 4.14. The van der Waals surface area contributed by atoms with Gasteiger partial charge in [-0.15, -0.1) is 0 Å². The molecule has 2 aliphatic heterocycles. The molecule has 80 valence electrons. The maximum atomic E-state index is 11.4. The number of rotatable bonds is 3. The Labute approximate surface area is 85.0 Å². The van der Waals surface area contributed by atoms with Crippen LogP contribution in [0.25, 0.3) is 0 Å². The van der Waals surface area contributed by atoms with Gasteiger partial charge in [-0.3, -0.25) is 4.79 Å². The van der Waals surface area contributed by atoms with Crippen molar-refractivity contribution in [3.63, 3.8) is 0 Å². The summed E-state index contributed by atoms with van der Waals surface area (Å²) in [5.74, 6) is 0.259. The van der Waals surface area contributed by atoms with E-state index in [9.17, 15) is 4.79 Å². The highest BCUT2D eigenvalue weighted by Crippen LogP contribution is 2.09. The Hall–Kier alpha value is -0.610. The number of hydrogen-bond donors (Lipinski definition) is 2. The van der Waals surface area contributed by atoms with Gasteiger partial charge in [0, 0.05) is 25.7 Å². The summed E-state index contributed by atoms with van der Waals surface area (Å²) < 4.78 is 0. The van der Waals surface area contributed by atoms with Gasteiger partial charge in [-0.2, -0.15) is 0 Å². The van der Waals surface area contributed by atoms with Crippen LogP contribution in [-0.4, -0.2) is 49.6 Å². The van der Waals surface area contributed by atoms with Crippen LogP contribution in [-0.2, 0) is 4.79 Å². The quantitative estimate of drug-likeness (QED) is 0.645. The van der Waals surface area contributed by atoms with E-state index < -0.39 is 0 Å². The van der Waals surface area contributed by atoms with Crippen LogP contribution < -0.4 is 10.6 Å². The first-order valence-corrected chi connectivity index (χ1v) is 5.58. The molecule has 2 aliphatic rings. The average molecular weight is 197 g/mol. The highest BCUT2D eigenvalue weighted by Gasteiger charge is 2.20. The summed E-state index contributed by atoms with van der Waals surface area (Å²) >= 11 is 0. The minimum absolute atomic E-state index is 0.259. The van der Waals surface area contributed by atoms with Crippen LogP contribution in [0.3, 0.4) is 0 Å². The van der Waals surface area contributed by atoms with Crippen molar-refractivity contribution in [3.05, 3.63) is 0 Å². The zero-order valence-electron chi connectivity index (χ0n) is 8.59. The highest BCUT2D eigenvalue weighted by molar-refractivity contribution is 5.78. The molecular formula is C10H19N3O. The summed E-state index contributed by atoms with van der Waals surface area (Å²) in [7, 11) is 0. The Morgan fingerprint density at radius 1 is 1.43 bits per heavy atom. The lowest BCUT2D eigenvalue weighted by Crippen LogP contribution is -2.49. The first kappa shape index (κ1) is 9.93. The lowest BCUT2D eigenvalue weighted by molar-refractivity contribution is -0.132. The third-order valence-corrected chi connectivity index (χ3v) is 3.10. The molecule has 0 aromatic rings. The van der Waals surface area contributed by atoms with Gasteiger partial charge in [-0.1, -0.05) is 0 Å². The summed E-state index contributed by atoms with van der Waals surface area (Å²) in [6.45, 7) is 4.44. The minimum atomic E-state index is 0.259. The molecule has 0 bridgehead atoms. The zero-order valence-corrected chi connectivity index (χ0v) is 8.59. The normalized spacial score (nSPS) is 28.4. The van der Waals surface area contributed by atoms with E-state index in [1.165, 1.54) is 12.8 Å². The Morgan fingerprint density at radius 2 is 2.36 bits per heavy atom. The molecule has 2 N–H and O–H groups in total. The highest BCUT2D eigenvalue weighted by atomic mass is 16.2. The van der Waals surface area contributed by atoms with Crippen molar-refractivity contribution >= 4 is 5.91 Å². The molecule has 1 unspecified atom stereocenters. The molecule has 0 radical (unpaired) electrons. The number of amides is 1. The monoisotopic (exact) mass is 197 g/mol. The lowest BCUT2D eigenvalue weighted by atomic mass is 10.1. The van der Waals surface area contributed by atoms with E-state index in [4.69, 9.17) is 0 Å². The maximum Gasteiger partial charge on any atom is 0.236 e. The predicted octanol–water partition coefficient (Wildman–Crippen LogP) is -0.440. The molecule has 1 atom stereocenters. The number of nitrogens with zero attached hydrogens (tertiary/aromatic N) is 1. The number of piperazine rings is 1. The van der Waals surface area contributed by atoms with Gasteiger partial charge >= 0.3 is 0 Å². The van der Waals surface area contributed by atoms with E-state index in [0.29, 0.717) is 12.6 Å². The molecule has 14 heavy (non-hydrogen) atoms. The van der Waals surface area contributed by atoms with Gasteiger partial charge in [-0.05, 0) is 25.8 Å². The van der Waals surface area contributed by atoms with Crippen molar-refractivity contribution in [2.45, 2.75) is 25.3 Å². The fraction of sp³-hybridized carbons (Fsp3) is 0.900. The van der Waals surface area contributed by atoms with Crippen LogP contribution in [0.5, 0.6) is 0 Å². The van der Waals surface area contributed by atoms with Crippen molar-refractivity contribution < 1.29 is 4.79 Å². The third-order valence-electron chi connectivity index (χ3n) is 3.10. The van der Waals surface area contributed by atoms with Crippen molar-refractivity contribution in [2.24, 2.45) is 0 Å². The van der Waals surface area contributed by atoms with Crippen LogP contribution in [0.15, 0.2) is 0 Å². The molecule has 0 aliphatic carbocycles. The molecule has 1 amide bonds. The van der Waals surface area contributed by atoms with Crippen molar-refractivity contribution in [1.82, 2.24) is 15.5 Å². The van der Waals surface area contributed by atoms with Crippen molar-refractivity contribution in [3.8, 4) is 0 Å². The number of carbonyl (C=O) groups excluding carboxylic acids is 1. The van der Waals surface area contributed by atoms with Crippen LogP contribution in [0.1, 0.15) is 19.3 Å². The Kier molecular flexibility index (Phi) is 3.37. The van der Waals surface area contributed by atoms with Gasteiger partial charge in [0.25, 0.3) is 0 Å². The Balaban J connectivity index is 1.70. The zero-order chi connectivity index (χ0) is 9.80. The molecule has 2 heterocycles. The van der Waals surface area contributed by atoms with E-state index >= 15 is 0 Å². The first-order chi connectivity index (χ1) is 6.86. The van der Waals surface area contributed by atoms with Crippen LogP contribution in [0.2, 0.25) is 0 Å². The molecule has 4 heteroatoms. The molecule has 0 aromatic carbocycles. The molecule has 0 aromatic heterocycles. The van der Waals surface area contributed by atoms with E-state index in [0.717, 1.165) is 32.6 Å². The van der Waals surface area contributed by atoms with Crippen molar-refractivity contribution in [1.29, 1.82) is 0 Å². The van der Waals surface area contributed by atoms with Gasteiger partial charge in [0.05, 0.1) is 6.54 Å². The number of carbonyl (C=O) groups is 1. The number of hydrogen-bond acceptors (Lipinski definition) is 3. The minimum Gasteiger partial charge on any atom is -0.340 e. The fourth-order valence-electron chi connectivity index (χ4n) is 2.20. The summed E-state index contributed by atoms with van der Waals surface area (Å²) in [4.78, 5) is 13.4. The van der Waals surface area contributed by atoms with Gasteiger partial charge in [0.15, 0.2) is 0 Å². The molecule has 4 nitrogen and oxygen atoms in total. The van der Waals surface area contributed by atoms with E-state index in [-0.39, 0.29) is 5.91 Å². The van der Waals surface area contributed by atoms with Gasteiger partial charge in [0.1, 0.15) is 0 Å². The lowest BCUT2D eigenvalue weighted by Gasteiger charge is -2.28. The maximum absolute atomic E-state index is 11.4. The summed E-state index contributed by atoms with van der Waals surface area (Å²) in [6.07, 6.45) is 3.69. The SMILES string of the molecule is O=C1CNCCN1CCC1CCCN1.